The fourth-order valence-electron chi connectivity index (χ4n) is 5.68. The molecule has 3 aliphatic rings. The smallest absolute Gasteiger partial charge is 0.379 e. The molecule has 1 spiro atoms. The maximum atomic E-state index is 13.7. The molecule has 1 unspecified atom stereocenters. The molecule has 2 aromatic carbocycles. The second-order valence-electron chi connectivity index (χ2n) is 10.4. The first-order chi connectivity index (χ1) is 19.0. The zero-order valence-corrected chi connectivity index (χ0v) is 22.0. The lowest BCUT2D eigenvalue weighted by Gasteiger charge is -2.32. The van der Waals surface area contributed by atoms with E-state index in [0.29, 0.717) is 41.5 Å². The van der Waals surface area contributed by atoms with Gasteiger partial charge in [-0.15, -0.1) is 0 Å². The first-order valence-electron chi connectivity index (χ1n) is 13.2. The van der Waals surface area contributed by atoms with Crippen molar-refractivity contribution in [2.24, 2.45) is 0 Å². The number of halogens is 4. The van der Waals surface area contributed by atoms with E-state index in [1.807, 2.05) is 12.1 Å². The van der Waals surface area contributed by atoms with E-state index in [1.54, 1.807) is 6.07 Å². The molecule has 8 nitrogen and oxygen atoms in total. The SMILES string of the molecule is C[C@H](N(Cc1ccc(F)cc1)C(=O)CN1C(=O)NC2(CCc3c(CN4CCOCC4)cccc32)C1=O)C(F)(F)F. The number of rotatable bonds is 7. The highest BCUT2D eigenvalue weighted by atomic mass is 19.4. The summed E-state index contributed by atoms with van der Waals surface area (Å²) in [5.41, 5.74) is 1.55. The van der Waals surface area contributed by atoms with Gasteiger partial charge in [0.05, 0.1) is 13.2 Å². The Labute approximate surface area is 228 Å². The summed E-state index contributed by atoms with van der Waals surface area (Å²) in [5.74, 6) is -2.27. The van der Waals surface area contributed by atoms with Crippen molar-refractivity contribution in [1.29, 1.82) is 0 Å². The lowest BCUT2D eigenvalue weighted by Crippen LogP contribution is -2.51. The first kappa shape index (κ1) is 28.0. The number of hydrogen-bond acceptors (Lipinski definition) is 5. The maximum absolute atomic E-state index is 13.7. The monoisotopic (exact) mass is 562 g/mol. The zero-order valence-electron chi connectivity index (χ0n) is 22.0. The summed E-state index contributed by atoms with van der Waals surface area (Å²) in [7, 11) is 0. The summed E-state index contributed by atoms with van der Waals surface area (Å²) in [6.07, 6.45) is -3.93. The molecule has 0 radical (unpaired) electrons. The largest absolute Gasteiger partial charge is 0.408 e. The number of urea groups is 1. The summed E-state index contributed by atoms with van der Waals surface area (Å²) in [4.78, 5) is 43.5. The van der Waals surface area contributed by atoms with Crippen LogP contribution in [-0.4, -0.2) is 77.6 Å². The Bertz CT molecular complexity index is 1300. The van der Waals surface area contributed by atoms with Gasteiger partial charge < -0.3 is 15.0 Å². The number of morpholine rings is 1. The molecule has 5 rings (SSSR count). The van der Waals surface area contributed by atoms with Gasteiger partial charge in [0, 0.05) is 26.2 Å². The van der Waals surface area contributed by atoms with Crippen LogP contribution >= 0.6 is 0 Å². The van der Waals surface area contributed by atoms with Gasteiger partial charge >= 0.3 is 12.2 Å². The molecule has 0 saturated carbocycles. The molecule has 40 heavy (non-hydrogen) atoms. The van der Waals surface area contributed by atoms with Crippen molar-refractivity contribution >= 4 is 17.8 Å². The van der Waals surface area contributed by atoms with Crippen LogP contribution in [0.3, 0.4) is 0 Å². The molecule has 214 valence electrons. The van der Waals surface area contributed by atoms with Crippen molar-refractivity contribution in [3.63, 3.8) is 0 Å². The molecule has 2 heterocycles. The van der Waals surface area contributed by atoms with E-state index < -0.39 is 54.5 Å². The minimum absolute atomic E-state index is 0.275. The van der Waals surface area contributed by atoms with Crippen LogP contribution in [0.5, 0.6) is 0 Å². The summed E-state index contributed by atoms with van der Waals surface area (Å²) in [5, 5.41) is 2.75. The average molecular weight is 563 g/mol. The Morgan fingerprint density at radius 2 is 1.82 bits per heavy atom. The minimum atomic E-state index is -4.75. The number of fused-ring (bicyclic) bond motifs is 2. The van der Waals surface area contributed by atoms with Crippen LogP contribution in [0.4, 0.5) is 22.4 Å². The third kappa shape index (κ3) is 5.29. The van der Waals surface area contributed by atoms with Crippen LogP contribution in [-0.2, 0) is 39.4 Å². The van der Waals surface area contributed by atoms with Gasteiger partial charge in [0.25, 0.3) is 5.91 Å². The van der Waals surface area contributed by atoms with E-state index in [1.165, 1.54) is 12.1 Å². The van der Waals surface area contributed by atoms with Gasteiger partial charge in [0.2, 0.25) is 5.91 Å². The number of carbonyl (C=O) groups excluding carboxylic acids is 3. The highest BCUT2D eigenvalue weighted by Crippen LogP contribution is 2.43. The zero-order chi connectivity index (χ0) is 28.7. The van der Waals surface area contributed by atoms with E-state index >= 15 is 0 Å². The van der Waals surface area contributed by atoms with E-state index in [-0.39, 0.29) is 12.0 Å². The Morgan fingerprint density at radius 3 is 2.50 bits per heavy atom. The van der Waals surface area contributed by atoms with Crippen molar-refractivity contribution in [3.05, 3.63) is 70.5 Å². The van der Waals surface area contributed by atoms with Crippen molar-refractivity contribution in [2.45, 2.75) is 50.6 Å². The number of imide groups is 1. The average Bonchev–Trinajstić information content (AvgIpc) is 3.41. The fraction of sp³-hybridized carbons (Fsp3) is 0.464. The quantitative estimate of drug-likeness (QED) is 0.414. The van der Waals surface area contributed by atoms with Crippen LogP contribution in [0.15, 0.2) is 42.5 Å². The van der Waals surface area contributed by atoms with E-state index in [2.05, 4.69) is 10.2 Å². The van der Waals surface area contributed by atoms with Gasteiger partial charge in [0.1, 0.15) is 23.9 Å². The molecular weight excluding hydrogens is 532 g/mol. The minimum Gasteiger partial charge on any atom is -0.379 e. The van der Waals surface area contributed by atoms with Gasteiger partial charge in [-0.2, -0.15) is 13.2 Å². The number of amides is 4. The molecule has 2 saturated heterocycles. The highest BCUT2D eigenvalue weighted by molar-refractivity contribution is 6.10. The molecule has 0 bridgehead atoms. The topological polar surface area (TPSA) is 82.2 Å². The fourth-order valence-corrected chi connectivity index (χ4v) is 5.68. The number of alkyl halides is 3. The van der Waals surface area contributed by atoms with Crippen LogP contribution in [0.1, 0.15) is 35.6 Å². The van der Waals surface area contributed by atoms with Gasteiger partial charge in [0.15, 0.2) is 0 Å². The second-order valence-corrected chi connectivity index (χ2v) is 10.4. The second kappa shape index (κ2) is 10.8. The van der Waals surface area contributed by atoms with Gasteiger partial charge in [-0.25, -0.2) is 9.18 Å². The normalized spacial score (nSPS) is 22.0. The van der Waals surface area contributed by atoms with Crippen molar-refractivity contribution in [1.82, 2.24) is 20.0 Å². The lowest BCUT2D eigenvalue weighted by atomic mass is 9.90. The number of nitrogens with one attached hydrogen (secondary N) is 1. The number of ether oxygens (including phenoxy) is 1. The number of hydrogen-bond donors (Lipinski definition) is 1. The predicted molar refractivity (Wildman–Crippen MR) is 135 cm³/mol. The van der Waals surface area contributed by atoms with E-state index in [0.717, 1.165) is 43.3 Å². The summed E-state index contributed by atoms with van der Waals surface area (Å²) in [6.45, 7) is 3.03. The van der Waals surface area contributed by atoms with Crippen LogP contribution in [0.2, 0.25) is 0 Å². The van der Waals surface area contributed by atoms with Crippen molar-refractivity contribution in [3.8, 4) is 0 Å². The molecule has 4 amide bonds. The Morgan fingerprint density at radius 1 is 1.12 bits per heavy atom. The maximum Gasteiger partial charge on any atom is 0.408 e. The van der Waals surface area contributed by atoms with Crippen LogP contribution < -0.4 is 5.32 Å². The van der Waals surface area contributed by atoms with E-state index in [4.69, 9.17) is 4.74 Å². The standard InChI is InChI=1S/C28H30F4N4O4/c1-18(28(30,31)32)35(15-19-5-7-21(29)8-6-19)24(37)17-36-25(38)27(33-26(36)39)10-9-22-20(3-2-4-23(22)27)16-34-11-13-40-14-12-34/h2-8,18H,9-17H2,1H3,(H,33,39)/t18-,27?/m0/s1. The molecule has 1 aliphatic carbocycles. The Kier molecular flexibility index (Phi) is 7.58. The van der Waals surface area contributed by atoms with Crippen molar-refractivity contribution in [2.75, 3.05) is 32.8 Å². The number of carbonyl (C=O) groups is 3. The Balaban J connectivity index is 1.37. The lowest BCUT2D eigenvalue weighted by molar-refractivity contribution is -0.187. The molecule has 1 N–H and O–H groups in total. The molecule has 2 fully saturated rings. The molecule has 2 aromatic rings. The summed E-state index contributed by atoms with van der Waals surface area (Å²) < 4.78 is 59.8. The molecule has 2 aliphatic heterocycles. The highest BCUT2D eigenvalue weighted by Gasteiger charge is 2.56. The number of benzene rings is 2. The molecular formula is C28H30F4N4O4. The third-order valence-corrected chi connectivity index (χ3v) is 7.98. The third-order valence-electron chi connectivity index (χ3n) is 7.98. The summed E-state index contributed by atoms with van der Waals surface area (Å²) in [6, 6.07) is 7.30. The first-order valence-corrected chi connectivity index (χ1v) is 13.2. The summed E-state index contributed by atoms with van der Waals surface area (Å²) >= 11 is 0. The van der Waals surface area contributed by atoms with Crippen LogP contribution in [0.25, 0.3) is 0 Å². The molecule has 2 atom stereocenters. The predicted octanol–water partition coefficient (Wildman–Crippen LogP) is 3.33. The van der Waals surface area contributed by atoms with Gasteiger partial charge in [-0.3, -0.25) is 19.4 Å². The molecule has 12 heteroatoms. The van der Waals surface area contributed by atoms with Gasteiger partial charge in [-0.1, -0.05) is 30.3 Å². The molecule has 0 aromatic heterocycles. The Hall–Kier alpha value is -3.51. The van der Waals surface area contributed by atoms with Crippen LogP contribution in [0, 0.1) is 5.82 Å². The van der Waals surface area contributed by atoms with E-state index in [9.17, 15) is 31.9 Å². The number of nitrogens with zero attached hydrogens (tertiary/aromatic N) is 3. The van der Waals surface area contributed by atoms with Crippen molar-refractivity contribution < 1.29 is 36.7 Å². The van der Waals surface area contributed by atoms with Gasteiger partial charge in [-0.05, 0) is 54.2 Å².